The lowest BCUT2D eigenvalue weighted by molar-refractivity contribution is -0.139. The molecule has 0 aliphatic heterocycles. The van der Waals surface area contributed by atoms with Crippen molar-refractivity contribution in [3.63, 3.8) is 0 Å². The van der Waals surface area contributed by atoms with E-state index in [2.05, 4.69) is 0 Å². The van der Waals surface area contributed by atoms with Crippen molar-refractivity contribution < 1.29 is 9.90 Å². The monoisotopic (exact) mass is 158 g/mol. The molecule has 0 atom stereocenters. The molecular formula is C9H18O2. The Morgan fingerprint density at radius 3 is 1.45 bits per heavy atom. The second-order valence-electron chi connectivity index (χ2n) is 4.21. The van der Waals surface area contributed by atoms with Gasteiger partial charge in [-0.2, -0.15) is 0 Å². The maximum Gasteiger partial charge on any atom is 0.307 e. The Bertz CT molecular complexity index is 166. The summed E-state index contributed by atoms with van der Waals surface area (Å²) < 4.78 is 0. The quantitative estimate of drug-likeness (QED) is 0.636. The fraction of sp³-hybridized carbons (Fsp3) is 0.889. The molecule has 2 heteroatoms. The van der Waals surface area contributed by atoms with E-state index < -0.39 is 5.97 Å². The molecular weight excluding hydrogens is 140 g/mol. The number of rotatable bonds is 1. The first-order valence-corrected chi connectivity index (χ1v) is 3.54. The highest BCUT2D eigenvalue weighted by Crippen LogP contribution is 2.68. The van der Waals surface area contributed by atoms with Crippen LogP contribution in [0.3, 0.4) is 0 Å². The molecule has 1 rings (SSSR count). The maximum absolute atomic E-state index is 10.6. The van der Waals surface area contributed by atoms with Gasteiger partial charge in [0, 0.05) is 0 Å². The zero-order valence-electron chi connectivity index (χ0n) is 6.93. The summed E-state index contributed by atoms with van der Waals surface area (Å²) in [5, 5.41) is 8.72. The second kappa shape index (κ2) is 2.23. The fourth-order valence-corrected chi connectivity index (χ4v) is 1.81. The minimum atomic E-state index is -0.657. The van der Waals surface area contributed by atoms with Crippen LogP contribution in [0, 0.1) is 16.7 Å². The van der Waals surface area contributed by atoms with Crippen LogP contribution in [0.25, 0.3) is 0 Å². The predicted octanol–water partition coefficient (Wildman–Crippen LogP) is 2.39. The zero-order chi connectivity index (χ0) is 8.15. The Morgan fingerprint density at radius 2 is 1.45 bits per heavy atom. The van der Waals surface area contributed by atoms with Gasteiger partial charge in [-0.25, -0.2) is 0 Å². The minimum Gasteiger partial charge on any atom is -0.481 e. The summed E-state index contributed by atoms with van der Waals surface area (Å²) >= 11 is 0. The first-order valence-electron chi connectivity index (χ1n) is 3.54. The number of hydrogen-bond acceptors (Lipinski definition) is 1. The molecule has 0 unspecified atom stereocenters. The van der Waals surface area contributed by atoms with Crippen LogP contribution in [0.2, 0.25) is 0 Å². The molecule has 0 aromatic rings. The molecule has 0 amide bonds. The largest absolute Gasteiger partial charge is 0.481 e. The average Bonchev–Trinajstić information content (AvgIpc) is 1.97. The lowest BCUT2D eigenvalue weighted by atomic mass is 10.0. The van der Waals surface area contributed by atoms with E-state index in [1.807, 2.05) is 27.7 Å². The van der Waals surface area contributed by atoms with Gasteiger partial charge < -0.3 is 5.11 Å². The first-order chi connectivity index (χ1) is 4.32. The van der Waals surface area contributed by atoms with Crippen molar-refractivity contribution in [1.82, 2.24) is 0 Å². The van der Waals surface area contributed by atoms with Crippen molar-refractivity contribution >= 4 is 5.97 Å². The second-order valence-corrected chi connectivity index (χ2v) is 4.21. The Balaban J connectivity index is 0.000001000. The van der Waals surface area contributed by atoms with Gasteiger partial charge in [0.1, 0.15) is 0 Å². The van der Waals surface area contributed by atoms with Gasteiger partial charge in [-0.1, -0.05) is 35.1 Å². The molecule has 1 aliphatic rings. The van der Waals surface area contributed by atoms with E-state index >= 15 is 0 Å². The summed E-state index contributed by atoms with van der Waals surface area (Å²) in [6.45, 7) is 8.02. The molecule has 1 aliphatic carbocycles. The molecule has 2 nitrogen and oxygen atoms in total. The van der Waals surface area contributed by atoms with Gasteiger partial charge in [-0.05, 0) is 10.8 Å². The summed E-state index contributed by atoms with van der Waals surface area (Å²) in [6, 6.07) is 0. The van der Waals surface area contributed by atoms with Crippen molar-refractivity contribution in [2.24, 2.45) is 16.7 Å². The van der Waals surface area contributed by atoms with E-state index in [1.165, 1.54) is 0 Å². The molecule has 0 saturated heterocycles. The van der Waals surface area contributed by atoms with Gasteiger partial charge in [0.15, 0.2) is 0 Å². The SMILES string of the molecule is C.CC1(C)C(C(=O)O)C1(C)C. The molecule has 0 heterocycles. The van der Waals surface area contributed by atoms with E-state index in [4.69, 9.17) is 5.11 Å². The third kappa shape index (κ3) is 1.05. The Hall–Kier alpha value is -0.530. The van der Waals surface area contributed by atoms with E-state index in [0.29, 0.717) is 0 Å². The minimum absolute atomic E-state index is 0. The highest BCUT2D eigenvalue weighted by Gasteiger charge is 2.68. The molecule has 1 N–H and O–H groups in total. The smallest absolute Gasteiger partial charge is 0.307 e. The van der Waals surface area contributed by atoms with Gasteiger partial charge in [-0.3, -0.25) is 4.79 Å². The van der Waals surface area contributed by atoms with E-state index in [1.54, 1.807) is 0 Å². The lowest BCUT2D eigenvalue weighted by Gasteiger charge is -2.03. The van der Waals surface area contributed by atoms with Crippen molar-refractivity contribution in [2.75, 3.05) is 0 Å². The van der Waals surface area contributed by atoms with Gasteiger partial charge in [0.2, 0.25) is 0 Å². The number of carbonyl (C=O) groups is 1. The van der Waals surface area contributed by atoms with Crippen LogP contribution in [0.5, 0.6) is 0 Å². The highest BCUT2D eigenvalue weighted by molar-refractivity contribution is 5.76. The third-order valence-corrected chi connectivity index (χ3v) is 3.27. The standard InChI is InChI=1S/C8H14O2.CH4/c1-7(2)5(6(9)10)8(7,3)4;/h5H,1-4H3,(H,9,10);1H4. The molecule has 66 valence electrons. The van der Waals surface area contributed by atoms with Crippen molar-refractivity contribution in [3.8, 4) is 0 Å². The number of carboxylic acids is 1. The molecule has 0 aromatic heterocycles. The lowest BCUT2D eigenvalue weighted by Crippen LogP contribution is -2.03. The normalized spacial score (nSPS) is 25.5. The molecule has 11 heavy (non-hydrogen) atoms. The van der Waals surface area contributed by atoms with Crippen LogP contribution >= 0.6 is 0 Å². The third-order valence-electron chi connectivity index (χ3n) is 3.27. The topological polar surface area (TPSA) is 37.3 Å². The summed E-state index contributed by atoms with van der Waals surface area (Å²) in [5.41, 5.74) is -0.0301. The number of aliphatic carboxylic acids is 1. The van der Waals surface area contributed by atoms with Crippen LogP contribution in [-0.4, -0.2) is 11.1 Å². The van der Waals surface area contributed by atoms with Crippen molar-refractivity contribution in [2.45, 2.75) is 35.1 Å². The Kier molecular flexibility index (Phi) is 2.12. The maximum atomic E-state index is 10.6. The van der Waals surface area contributed by atoms with Crippen LogP contribution in [0.4, 0.5) is 0 Å². The van der Waals surface area contributed by atoms with Crippen molar-refractivity contribution in [1.29, 1.82) is 0 Å². The summed E-state index contributed by atoms with van der Waals surface area (Å²) in [5.74, 6) is -0.810. The molecule has 1 saturated carbocycles. The summed E-state index contributed by atoms with van der Waals surface area (Å²) in [4.78, 5) is 10.6. The van der Waals surface area contributed by atoms with Gasteiger partial charge >= 0.3 is 5.97 Å². The first kappa shape index (κ1) is 10.5. The van der Waals surface area contributed by atoms with Gasteiger partial charge in [0.25, 0.3) is 0 Å². The van der Waals surface area contributed by atoms with E-state index in [0.717, 1.165) is 0 Å². The Labute approximate surface area is 68.6 Å². The van der Waals surface area contributed by atoms with Gasteiger partial charge in [-0.15, -0.1) is 0 Å². The van der Waals surface area contributed by atoms with Gasteiger partial charge in [0.05, 0.1) is 5.92 Å². The van der Waals surface area contributed by atoms with E-state index in [9.17, 15) is 4.79 Å². The van der Waals surface area contributed by atoms with Crippen LogP contribution in [0.15, 0.2) is 0 Å². The molecule has 1 fully saturated rings. The highest BCUT2D eigenvalue weighted by atomic mass is 16.4. The Morgan fingerprint density at radius 1 is 1.18 bits per heavy atom. The van der Waals surface area contributed by atoms with Crippen LogP contribution < -0.4 is 0 Å². The summed E-state index contributed by atoms with van der Waals surface area (Å²) in [6.07, 6.45) is 0. The number of carboxylic acid groups (broad SMARTS) is 1. The van der Waals surface area contributed by atoms with E-state index in [-0.39, 0.29) is 24.2 Å². The molecule has 0 radical (unpaired) electrons. The zero-order valence-corrected chi connectivity index (χ0v) is 6.93. The number of hydrogen-bond donors (Lipinski definition) is 1. The van der Waals surface area contributed by atoms with Crippen molar-refractivity contribution in [3.05, 3.63) is 0 Å². The molecule has 0 bridgehead atoms. The van der Waals surface area contributed by atoms with Crippen LogP contribution in [-0.2, 0) is 4.79 Å². The predicted molar refractivity (Wildman–Crippen MR) is 45.4 cm³/mol. The average molecular weight is 158 g/mol. The summed E-state index contributed by atoms with van der Waals surface area (Å²) in [7, 11) is 0. The van der Waals surface area contributed by atoms with Crippen LogP contribution in [0.1, 0.15) is 35.1 Å². The fourth-order valence-electron chi connectivity index (χ4n) is 1.81. The molecule has 0 spiro atoms. The molecule has 0 aromatic carbocycles.